The average Bonchev–Trinajstić information content (AvgIpc) is 3.28. The van der Waals surface area contributed by atoms with E-state index in [1.165, 1.54) is 7.11 Å². The first-order valence-corrected chi connectivity index (χ1v) is 7.54. The molecule has 4 nitrogen and oxygen atoms in total. The monoisotopic (exact) mass is 291 g/mol. The van der Waals surface area contributed by atoms with E-state index >= 15 is 0 Å². The molecule has 1 aliphatic rings. The Labute approximate surface area is 126 Å². The van der Waals surface area contributed by atoms with Crippen LogP contribution in [0.2, 0.25) is 0 Å². The quantitative estimate of drug-likeness (QED) is 0.785. The van der Waals surface area contributed by atoms with E-state index in [0.717, 1.165) is 24.2 Å². The van der Waals surface area contributed by atoms with Crippen molar-refractivity contribution in [2.75, 3.05) is 13.7 Å². The minimum Gasteiger partial charge on any atom is -0.491 e. The van der Waals surface area contributed by atoms with Crippen molar-refractivity contribution < 1.29 is 14.3 Å². The predicted molar refractivity (Wildman–Crippen MR) is 82.6 cm³/mol. The average molecular weight is 291 g/mol. The number of carbonyl (C=O) groups is 1. The van der Waals surface area contributed by atoms with Gasteiger partial charge >= 0.3 is 5.97 Å². The van der Waals surface area contributed by atoms with Crippen LogP contribution >= 0.6 is 0 Å². The van der Waals surface area contributed by atoms with Gasteiger partial charge in [0, 0.05) is 6.04 Å². The lowest BCUT2D eigenvalue weighted by Gasteiger charge is -2.28. The number of nitrogens with one attached hydrogen (secondary N) is 1. The number of hydrogen-bond acceptors (Lipinski definition) is 4. The third-order valence-electron chi connectivity index (χ3n) is 3.79. The SMILES string of the molecule is COC(=O)C(C)(COc1ccccc1C(C)C)NC1CC1. The van der Waals surface area contributed by atoms with Crippen molar-refractivity contribution in [1.82, 2.24) is 5.32 Å². The predicted octanol–water partition coefficient (Wildman–Crippen LogP) is 2.87. The van der Waals surface area contributed by atoms with Gasteiger partial charge in [0.05, 0.1) is 7.11 Å². The highest BCUT2D eigenvalue weighted by Crippen LogP contribution is 2.28. The summed E-state index contributed by atoms with van der Waals surface area (Å²) in [6, 6.07) is 8.36. The molecule has 0 radical (unpaired) electrons. The first kappa shape index (κ1) is 15.8. The van der Waals surface area contributed by atoms with Crippen LogP contribution in [0.3, 0.4) is 0 Å². The number of rotatable bonds is 7. The molecule has 0 amide bonds. The third-order valence-corrected chi connectivity index (χ3v) is 3.79. The molecule has 0 aliphatic heterocycles. The molecule has 1 atom stereocenters. The topological polar surface area (TPSA) is 47.6 Å². The molecule has 4 heteroatoms. The number of esters is 1. The molecule has 21 heavy (non-hydrogen) atoms. The zero-order chi connectivity index (χ0) is 15.5. The molecule has 2 rings (SSSR count). The van der Waals surface area contributed by atoms with Crippen molar-refractivity contribution in [1.29, 1.82) is 0 Å². The molecule has 116 valence electrons. The summed E-state index contributed by atoms with van der Waals surface area (Å²) in [4.78, 5) is 12.1. The van der Waals surface area contributed by atoms with E-state index in [2.05, 4.69) is 25.2 Å². The largest absolute Gasteiger partial charge is 0.491 e. The number of methoxy groups -OCH3 is 1. The van der Waals surface area contributed by atoms with Crippen molar-refractivity contribution >= 4 is 5.97 Å². The molecule has 0 bridgehead atoms. The van der Waals surface area contributed by atoms with Crippen molar-refractivity contribution in [3.63, 3.8) is 0 Å². The Balaban J connectivity index is 2.09. The van der Waals surface area contributed by atoms with Crippen LogP contribution in [-0.2, 0) is 9.53 Å². The number of carbonyl (C=O) groups excluding carboxylic acids is 1. The molecular formula is C17H25NO3. The van der Waals surface area contributed by atoms with Crippen LogP contribution in [-0.4, -0.2) is 31.3 Å². The normalized spacial score (nSPS) is 17.4. The Bertz CT molecular complexity index is 497. The van der Waals surface area contributed by atoms with E-state index in [-0.39, 0.29) is 12.6 Å². The molecule has 1 saturated carbocycles. The van der Waals surface area contributed by atoms with Gasteiger partial charge in [0.25, 0.3) is 0 Å². The molecule has 0 spiro atoms. The van der Waals surface area contributed by atoms with E-state index in [9.17, 15) is 4.79 Å². The van der Waals surface area contributed by atoms with Gasteiger partial charge in [0.15, 0.2) is 0 Å². The summed E-state index contributed by atoms with van der Waals surface area (Å²) >= 11 is 0. The van der Waals surface area contributed by atoms with Crippen molar-refractivity contribution in [3.8, 4) is 5.75 Å². The van der Waals surface area contributed by atoms with Crippen LogP contribution in [0.5, 0.6) is 5.75 Å². The van der Waals surface area contributed by atoms with Crippen LogP contribution in [0.4, 0.5) is 0 Å². The van der Waals surface area contributed by atoms with E-state index < -0.39 is 5.54 Å². The Morgan fingerprint density at radius 3 is 2.62 bits per heavy atom. The van der Waals surface area contributed by atoms with Crippen LogP contribution in [0.15, 0.2) is 24.3 Å². The van der Waals surface area contributed by atoms with Gasteiger partial charge in [-0.1, -0.05) is 32.0 Å². The molecule has 1 unspecified atom stereocenters. The maximum absolute atomic E-state index is 12.1. The zero-order valence-electron chi connectivity index (χ0n) is 13.3. The zero-order valence-corrected chi connectivity index (χ0v) is 13.3. The van der Waals surface area contributed by atoms with Crippen LogP contribution in [0.1, 0.15) is 45.1 Å². The molecule has 0 aromatic heterocycles. The lowest BCUT2D eigenvalue weighted by molar-refractivity contribution is -0.149. The minimum atomic E-state index is -0.806. The molecule has 1 aromatic carbocycles. The molecule has 0 heterocycles. The van der Waals surface area contributed by atoms with Gasteiger partial charge in [0.1, 0.15) is 17.9 Å². The Kier molecular flexibility index (Phi) is 4.88. The van der Waals surface area contributed by atoms with Gasteiger partial charge in [-0.25, -0.2) is 4.79 Å². The smallest absolute Gasteiger partial charge is 0.329 e. The summed E-state index contributed by atoms with van der Waals surface area (Å²) in [5.41, 5.74) is 0.344. The maximum atomic E-state index is 12.1. The first-order valence-electron chi connectivity index (χ1n) is 7.54. The standard InChI is InChI=1S/C17H25NO3/c1-12(2)14-7-5-6-8-15(14)21-11-17(3,16(19)20-4)18-13-9-10-13/h5-8,12-13,18H,9-11H2,1-4H3. The Morgan fingerprint density at radius 1 is 1.38 bits per heavy atom. The van der Waals surface area contributed by atoms with Gasteiger partial charge in [0.2, 0.25) is 0 Å². The summed E-state index contributed by atoms with van der Waals surface area (Å²) in [6.45, 7) is 6.36. The fraction of sp³-hybridized carbons (Fsp3) is 0.588. The lowest BCUT2D eigenvalue weighted by Crippen LogP contribution is -2.55. The second-order valence-electron chi connectivity index (χ2n) is 6.22. The van der Waals surface area contributed by atoms with Gasteiger partial charge in [-0.3, -0.25) is 5.32 Å². The molecular weight excluding hydrogens is 266 g/mol. The van der Waals surface area contributed by atoms with Gasteiger partial charge in [-0.15, -0.1) is 0 Å². The lowest BCUT2D eigenvalue weighted by atomic mass is 10.0. The van der Waals surface area contributed by atoms with Crippen molar-refractivity contribution in [3.05, 3.63) is 29.8 Å². The van der Waals surface area contributed by atoms with Crippen LogP contribution in [0, 0.1) is 0 Å². The van der Waals surface area contributed by atoms with E-state index in [4.69, 9.17) is 9.47 Å². The Morgan fingerprint density at radius 2 is 2.05 bits per heavy atom. The van der Waals surface area contributed by atoms with E-state index in [0.29, 0.717) is 12.0 Å². The highest BCUT2D eigenvalue weighted by Gasteiger charge is 2.40. The summed E-state index contributed by atoms with van der Waals surface area (Å²) < 4.78 is 10.9. The molecule has 1 fully saturated rings. The molecule has 1 aliphatic carbocycles. The van der Waals surface area contributed by atoms with E-state index in [1.54, 1.807) is 0 Å². The molecule has 0 saturated heterocycles. The van der Waals surface area contributed by atoms with Crippen molar-refractivity contribution in [2.45, 2.75) is 51.1 Å². The van der Waals surface area contributed by atoms with Crippen LogP contribution in [0.25, 0.3) is 0 Å². The van der Waals surface area contributed by atoms with Gasteiger partial charge < -0.3 is 9.47 Å². The maximum Gasteiger partial charge on any atom is 0.329 e. The highest BCUT2D eigenvalue weighted by molar-refractivity contribution is 5.80. The first-order chi connectivity index (χ1) is 9.96. The number of ether oxygens (including phenoxy) is 2. The second-order valence-corrected chi connectivity index (χ2v) is 6.22. The van der Waals surface area contributed by atoms with Crippen LogP contribution < -0.4 is 10.1 Å². The fourth-order valence-electron chi connectivity index (χ4n) is 2.37. The summed E-state index contributed by atoms with van der Waals surface area (Å²) in [5, 5.41) is 3.34. The molecule has 1 N–H and O–H groups in total. The van der Waals surface area contributed by atoms with E-state index in [1.807, 2.05) is 25.1 Å². The number of benzene rings is 1. The summed E-state index contributed by atoms with van der Waals surface area (Å²) in [6.07, 6.45) is 2.21. The fourth-order valence-corrected chi connectivity index (χ4v) is 2.37. The minimum absolute atomic E-state index is 0.264. The Hall–Kier alpha value is -1.55. The summed E-state index contributed by atoms with van der Waals surface area (Å²) in [5.74, 6) is 0.929. The van der Waals surface area contributed by atoms with Crippen molar-refractivity contribution in [2.24, 2.45) is 0 Å². The number of para-hydroxylation sites is 1. The van der Waals surface area contributed by atoms with Gasteiger partial charge in [-0.2, -0.15) is 0 Å². The summed E-state index contributed by atoms with van der Waals surface area (Å²) in [7, 11) is 1.41. The second kappa shape index (κ2) is 6.48. The molecule has 1 aromatic rings. The highest BCUT2D eigenvalue weighted by atomic mass is 16.5. The number of hydrogen-bond donors (Lipinski definition) is 1. The van der Waals surface area contributed by atoms with Gasteiger partial charge in [-0.05, 0) is 37.3 Å². The third kappa shape index (κ3) is 3.97.